The Balaban J connectivity index is 2.20. The Labute approximate surface area is 168 Å². The molecular weight excluding hydrogens is 481 g/mol. The number of amides is 2. The Morgan fingerprint density at radius 2 is 1.57 bits per heavy atom. The van der Waals surface area contributed by atoms with Crippen molar-refractivity contribution in [3.63, 3.8) is 0 Å². The van der Waals surface area contributed by atoms with Crippen molar-refractivity contribution in [3.05, 3.63) is 75.4 Å². The van der Waals surface area contributed by atoms with Crippen molar-refractivity contribution in [2.75, 3.05) is 0 Å². The van der Waals surface area contributed by atoms with E-state index in [1.807, 2.05) is 4.01 Å². The first kappa shape index (κ1) is 20.9. The summed E-state index contributed by atoms with van der Waals surface area (Å²) in [4.78, 5) is 50.6. The van der Waals surface area contributed by atoms with Gasteiger partial charge in [-0.3, -0.25) is 14.6 Å². The average molecular weight is 495 g/mol. The summed E-state index contributed by atoms with van der Waals surface area (Å²) in [5, 5.41) is 22.8. The first-order chi connectivity index (χ1) is 13.4. The molecule has 0 spiro atoms. The van der Waals surface area contributed by atoms with Crippen molar-refractivity contribution in [2.24, 2.45) is 0 Å². The van der Waals surface area contributed by atoms with Crippen LogP contribution in [0.2, 0.25) is 0 Å². The molecule has 4 N–H and O–H groups in total. The lowest BCUT2D eigenvalue weighted by molar-refractivity contribution is -0.134. The van der Waals surface area contributed by atoms with Crippen LogP contribution in [0, 0.1) is 0 Å². The summed E-state index contributed by atoms with van der Waals surface area (Å²) in [6, 6.07) is 4.53. The number of rotatable bonds is 7. The molecule has 0 bridgehead atoms. The molecule has 28 heavy (non-hydrogen) atoms. The van der Waals surface area contributed by atoms with Gasteiger partial charge in [-0.05, 0) is 34.4 Å². The highest BCUT2D eigenvalue weighted by Gasteiger charge is 2.16. The molecule has 0 aromatic carbocycles. The van der Waals surface area contributed by atoms with Gasteiger partial charge in [0.2, 0.25) is 0 Å². The van der Waals surface area contributed by atoms with Gasteiger partial charge in [-0.2, -0.15) is 0 Å². The van der Waals surface area contributed by atoms with E-state index in [1.165, 1.54) is 12.3 Å². The van der Waals surface area contributed by atoms with E-state index in [2.05, 4.69) is 15.6 Å². The van der Waals surface area contributed by atoms with Crippen LogP contribution < -0.4 is 10.6 Å². The predicted molar refractivity (Wildman–Crippen MR) is 109 cm³/mol. The van der Waals surface area contributed by atoms with Crippen LogP contribution in [0.5, 0.6) is 0 Å². The number of halogens is 1. The van der Waals surface area contributed by atoms with Crippen LogP contribution in [-0.4, -0.2) is 43.0 Å². The number of carboxylic acids is 2. The number of nitrogens with zero attached hydrogens (tertiary/aromatic N) is 1. The highest BCUT2D eigenvalue weighted by atomic mass is 127. The molecule has 0 radical (unpaired) electrons. The van der Waals surface area contributed by atoms with Crippen molar-refractivity contribution < 1.29 is 29.4 Å². The number of hydrogen-bond acceptors (Lipinski definition) is 5. The second-order valence-corrected chi connectivity index (χ2v) is 7.53. The number of aromatic nitrogens is 1. The smallest absolute Gasteiger partial charge is 0.352 e. The largest absolute Gasteiger partial charge is 0.477 e. The lowest BCUT2D eigenvalue weighted by Gasteiger charge is -2.07. The summed E-state index contributed by atoms with van der Waals surface area (Å²) >= 11 is -0.671. The quantitative estimate of drug-likeness (QED) is 0.252. The van der Waals surface area contributed by atoms with E-state index in [-0.39, 0.29) is 5.69 Å². The molecule has 0 fully saturated rings. The Kier molecular flexibility index (Phi) is 7.51. The van der Waals surface area contributed by atoms with Gasteiger partial charge in [-0.1, -0.05) is 38.9 Å². The van der Waals surface area contributed by atoms with E-state index in [9.17, 15) is 29.4 Å². The zero-order valence-electron chi connectivity index (χ0n) is 14.1. The summed E-state index contributed by atoms with van der Waals surface area (Å²) in [7, 11) is 0. The van der Waals surface area contributed by atoms with Crippen molar-refractivity contribution in [1.29, 1.82) is 0 Å². The molecule has 0 aliphatic carbocycles. The van der Waals surface area contributed by atoms with E-state index < -0.39 is 55.9 Å². The first-order valence-corrected chi connectivity index (χ1v) is 9.97. The van der Waals surface area contributed by atoms with Crippen molar-refractivity contribution in [1.82, 2.24) is 15.6 Å². The molecular formula is C18H14IN3O6. The van der Waals surface area contributed by atoms with E-state index >= 15 is 0 Å². The van der Waals surface area contributed by atoms with Crippen molar-refractivity contribution >= 4 is 48.5 Å². The number of hydrogen-bond donors (Lipinski definition) is 4. The molecule has 10 heteroatoms. The Hall–Kier alpha value is -3.41. The minimum absolute atomic E-state index is 0.0112. The molecule has 1 aromatic heterocycles. The van der Waals surface area contributed by atoms with E-state index in [0.717, 1.165) is 12.2 Å². The fraction of sp³-hybridized carbons (Fsp3) is 0. The third-order valence-corrected chi connectivity index (χ3v) is 5.39. The molecule has 1 aromatic rings. The summed E-state index contributed by atoms with van der Waals surface area (Å²) in [6.45, 7) is 0. The van der Waals surface area contributed by atoms with Crippen molar-refractivity contribution in [3.8, 4) is 0 Å². The van der Waals surface area contributed by atoms with E-state index in [4.69, 9.17) is 0 Å². The van der Waals surface area contributed by atoms with Gasteiger partial charge < -0.3 is 20.8 Å². The SMILES string of the molecule is O=C(N/C(=C\C=C(/NC(=O)c1ccccn1)C(=O)O)C(=O)O)C1=CC=CC=I1. The molecule has 1 aliphatic rings. The molecule has 144 valence electrons. The van der Waals surface area contributed by atoms with Crippen LogP contribution >= 0.6 is 20.7 Å². The average Bonchev–Trinajstić information content (AvgIpc) is 2.70. The number of carbonyl (C=O) groups is 4. The van der Waals surface area contributed by atoms with E-state index in [1.54, 1.807) is 30.4 Å². The molecule has 0 unspecified atom stereocenters. The van der Waals surface area contributed by atoms with Gasteiger partial charge in [0.05, 0.1) is 3.58 Å². The van der Waals surface area contributed by atoms with Gasteiger partial charge in [0.1, 0.15) is 17.1 Å². The summed E-state index contributed by atoms with van der Waals surface area (Å²) in [5.41, 5.74) is -1.12. The Morgan fingerprint density at radius 3 is 2.07 bits per heavy atom. The third kappa shape index (κ3) is 6.09. The lowest BCUT2D eigenvalue weighted by atomic mass is 10.3. The van der Waals surface area contributed by atoms with Gasteiger partial charge in [0.15, 0.2) is 0 Å². The topological polar surface area (TPSA) is 146 Å². The maximum atomic E-state index is 12.1. The molecule has 2 rings (SSSR count). The van der Waals surface area contributed by atoms with Crippen LogP contribution in [0.25, 0.3) is 0 Å². The summed E-state index contributed by atoms with van der Waals surface area (Å²) in [5.74, 6) is -4.30. The number of allylic oxidation sites excluding steroid dienone is 5. The number of pyridine rings is 1. The molecule has 0 saturated heterocycles. The number of aliphatic carboxylic acids is 2. The summed E-state index contributed by atoms with van der Waals surface area (Å²) < 4.78 is 2.30. The molecule has 1 aliphatic heterocycles. The molecule has 2 amide bonds. The predicted octanol–water partition coefficient (Wildman–Crippen LogP) is 1.09. The fourth-order valence-electron chi connectivity index (χ4n) is 1.81. The molecule has 0 atom stereocenters. The minimum Gasteiger partial charge on any atom is -0.477 e. The Morgan fingerprint density at radius 1 is 0.929 bits per heavy atom. The first-order valence-electron chi connectivity index (χ1n) is 7.64. The monoisotopic (exact) mass is 495 g/mol. The second kappa shape index (κ2) is 10.1. The Bertz CT molecular complexity index is 961. The van der Waals surface area contributed by atoms with E-state index in [0.29, 0.717) is 3.58 Å². The fourth-order valence-corrected chi connectivity index (χ4v) is 3.48. The second-order valence-electron chi connectivity index (χ2n) is 5.03. The van der Waals surface area contributed by atoms with Gasteiger partial charge in [-0.15, -0.1) is 0 Å². The van der Waals surface area contributed by atoms with Crippen LogP contribution in [0.1, 0.15) is 10.5 Å². The maximum Gasteiger partial charge on any atom is 0.352 e. The van der Waals surface area contributed by atoms with Gasteiger partial charge in [0, 0.05) is 6.20 Å². The van der Waals surface area contributed by atoms with Crippen LogP contribution in [-0.2, 0) is 14.4 Å². The zero-order chi connectivity index (χ0) is 20.5. The third-order valence-electron chi connectivity index (χ3n) is 3.10. The molecule has 2 heterocycles. The highest BCUT2D eigenvalue weighted by molar-refractivity contribution is 14.2. The van der Waals surface area contributed by atoms with Gasteiger partial charge >= 0.3 is 11.9 Å². The number of carboxylic acid groups (broad SMARTS) is 2. The van der Waals surface area contributed by atoms with Crippen molar-refractivity contribution in [2.45, 2.75) is 0 Å². The van der Waals surface area contributed by atoms with Crippen LogP contribution in [0.15, 0.2) is 69.7 Å². The standard InChI is InChI=1S/C18H14IN3O6/c23-15(11-5-1-3-9-19-11)21-13(17(25)26)7-8-14(18(27)28)22-16(24)12-6-2-4-10-20-12/h1-10H,(H,21,23)(H,22,24)(H,25,26)(H,27,28)/b13-7-,14-8-. The summed E-state index contributed by atoms with van der Waals surface area (Å²) in [6.07, 6.45) is 8.19. The van der Waals surface area contributed by atoms with Gasteiger partial charge in [0.25, 0.3) is 11.8 Å². The molecule has 0 saturated carbocycles. The molecule has 9 nitrogen and oxygen atoms in total. The highest BCUT2D eigenvalue weighted by Crippen LogP contribution is 2.17. The lowest BCUT2D eigenvalue weighted by Crippen LogP contribution is -2.29. The minimum atomic E-state index is -1.49. The zero-order valence-corrected chi connectivity index (χ0v) is 16.3. The number of carbonyl (C=O) groups excluding carboxylic acids is 2. The number of nitrogens with one attached hydrogen (secondary N) is 2. The normalized spacial score (nSPS) is 13.8. The van der Waals surface area contributed by atoms with Gasteiger partial charge in [-0.25, -0.2) is 9.59 Å². The maximum absolute atomic E-state index is 12.1. The van der Waals surface area contributed by atoms with Crippen LogP contribution in [0.4, 0.5) is 0 Å². The van der Waals surface area contributed by atoms with Crippen LogP contribution in [0.3, 0.4) is 0 Å².